The largest absolute Gasteiger partial charge is 0.338 e. The minimum atomic E-state index is 0.0518. The zero-order chi connectivity index (χ0) is 20.1. The summed E-state index contributed by atoms with van der Waals surface area (Å²) in [6, 6.07) is 27.3. The highest BCUT2D eigenvalue weighted by Crippen LogP contribution is 2.23. The van der Waals surface area contributed by atoms with Gasteiger partial charge in [0.05, 0.1) is 12.6 Å². The summed E-state index contributed by atoms with van der Waals surface area (Å²) in [5.74, 6) is 1.20. The van der Waals surface area contributed by atoms with E-state index < -0.39 is 0 Å². The van der Waals surface area contributed by atoms with Gasteiger partial charge in [0.1, 0.15) is 0 Å². The monoisotopic (exact) mass is 383 g/mol. The number of aryl methyl sites for hydroxylation is 2. The molecule has 0 amide bonds. The first-order valence-electron chi connectivity index (χ1n) is 9.99. The second-order valence-corrected chi connectivity index (χ2v) is 7.20. The quantitative estimate of drug-likeness (QED) is 0.459. The van der Waals surface area contributed by atoms with Crippen LogP contribution in [0.5, 0.6) is 0 Å². The van der Waals surface area contributed by atoms with Crippen LogP contribution in [0.4, 0.5) is 0 Å². The van der Waals surface area contributed by atoms with E-state index in [0.29, 0.717) is 18.3 Å². The number of aromatic nitrogens is 2. The van der Waals surface area contributed by atoms with Crippen molar-refractivity contribution in [1.82, 2.24) is 15.5 Å². The predicted octanol–water partition coefficient (Wildman–Crippen LogP) is 5.49. The Bertz CT molecular complexity index is 1040. The van der Waals surface area contributed by atoms with Gasteiger partial charge in [-0.3, -0.25) is 5.32 Å². The van der Waals surface area contributed by atoms with E-state index in [9.17, 15) is 0 Å². The zero-order valence-corrected chi connectivity index (χ0v) is 16.8. The molecule has 0 spiro atoms. The number of nitrogens with zero attached hydrogens (tertiary/aromatic N) is 2. The Morgan fingerprint density at radius 3 is 2.24 bits per heavy atom. The van der Waals surface area contributed by atoms with Gasteiger partial charge < -0.3 is 4.52 Å². The molecule has 3 aromatic carbocycles. The fraction of sp³-hybridized carbons (Fsp3) is 0.200. The maximum atomic E-state index is 5.49. The minimum Gasteiger partial charge on any atom is -0.338 e. The van der Waals surface area contributed by atoms with Crippen molar-refractivity contribution < 1.29 is 4.52 Å². The molecule has 0 bridgehead atoms. The fourth-order valence-electron chi connectivity index (χ4n) is 3.36. The molecule has 4 heteroatoms. The summed E-state index contributed by atoms with van der Waals surface area (Å²) >= 11 is 0. The molecule has 0 fully saturated rings. The Balaban J connectivity index is 1.52. The standard InChI is InChI=1S/C25H25N3O/c1-3-19-11-15-22(16-12-19)25-27-23(29-28-25)17-26-24(20-7-5-4-6-8-20)21-13-9-18(2)10-14-21/h4-16,24,26H,3,17H2,1-2H3/t24-/m1/s1. The number of rotatable bonds is 7. The van der Waals surface area contributed by atoms with Gasteiger partial charge in [0.15, 0.2) is 0 Å². The summed E-state index contributed by atoms with van der Waals surface area (Å²) < 4.78 is 5.49. The Hall–Kier alpha value is -3.24. The van der Waals surface area contributed by atoms with Crippen LogP contribution in [-0.2, 0) is 13.0 Å². The number of benzene rings is 3. The Kier molecular flexibility index (Phi) is 5.82. The predicted molar refractivity (Wildman–Crippen MR) is 115 cm³/mol. The van der Waals surface area contributed by atoms with E-state index in [-0.39, 0.29) is 6.04 Å². The molecule has 1 heterocycles. The third-order valence-electron chi connectivity index (χ3n) is 5.09. The lowest BCUT2D eigenvalue weighted by Crippen LogP contribution is -2.22. The summed E-state index contributed by atoms with van der Waals surface area (Å²) in [5, 5.41) is 7.73. The highest BCUT2D eigenvalue weighted by atomic mass is 16.5. The van der Waals surface area contributed by atoms with Gasteiger partial charge in [-0.25, -0.2) is 0 Å². The number of nitrogens with one attached hydrogen (secondary N) is 1. The molecule has 1 aromatic heterocycles. The van der Waals surface area contributed by atoms with Gasteiger partial charge >= 0.3 is 0 Å². The molecule has 29 heavy (non-hydrogen) atoms. The molecular formula is C25H25N3O. The third-order valence-corrected chi connectivity index (χ3v) is 5.09. The zero-order valence-electron chi connectivity index (χ0n) is 16.8. The van der Waals surface area contributed by atoms with Gasteiger partial charge in [-0.2, -0.15) is 4.98 Å². The van der Waals surface area contributed by atoms with E-state index in [1.807, 2.05) is 18.2 Å². The Labute approximate surface area is 171 Å². The lowest BCUT2D eigenvalue weighted by atomic mass is 9.98. The van der Waals surface area contributed by atoms with Crippen LogP contribution in [0.25, 0.3) is 11.4 Å². The van der Waals surface area contributed by atoms with Gasteiger partial charge in [0, 0.05) is 5.56 Å². The van der Waals surface area contributed by atoms with E-state index in [1.165, 1.54) is 22.3 Å². The third kappa shape index (κ3) is 4.61. The molecule has 4 rings (SSSR count). The van der Waals surface area contributed by atoms with E-state index in [4.69, 9.17) is 4.52 Å². The Morgan fingerprint density at radius 1 is 0.862 bits per heavy atom. The van der Waals surface area contributed by atoms with Crippen molar-refractivity contribution in [3.8, 4) is 11.4 Å². The van der Waals surface area contributed by atoms with Crippen LogP contribution in [0.15, 0.2) is 83.4 Å². The summed E-state index contributed by atoms with van der Waals surface area (Å²) in [6.07, 6.45) is 1.02. The first-order valence-corrected chi connectivity index (χ1v) is 9.99. The van der Waals surface area contributed by atoms with Crippen molar-refractivity contribution in [3.63, 3.8) is 0 Å². The molecule has 0 saturated heterocycles. The lowest BCUT2D eigenvalue weighted by molar-refractivity contribution is 0.363. The summed E-state index contributed by atoms with van der Waals surface area (Å²) in [6.45, 7) is 4.74. The molecule has 0 aliphatic heterocycles. The average Bonchev–Trinajstić information content (AvgIpc) is 3.25. The van der Waals surface area contributed by atoms with Gasteiger partial charge in [-0.1, -0.05) is 96.5 Å². The van der Waals surface area contributed by atoms with Crippen molar-refractivity contribution in [2.75, 3.05) is 0 Å². The molecule has 1 N–H and O–H groups in total. The van der Waals surface area contributed by atoms with E-state index in [2.05, 4.69) is 90.0 Å². The first kappa shape index (κ1) is 19.1. The molecule has 0 saturated carbocycles. The van der Waals surface area contributed by atoms with Gasteiger partial charge in [-0.05, 0) is 30.0 Å². The summed E-state index contributed by atoms with van der Waals surface area (Å²) in [4.78, 5) is 4.57. The Morgan fingerprint density at radius 2 is 1.55 bits per heavy atom. The molecule has 0 radical (unpaired) electrons. The summed E-state index contributed by atoms with van der Waals surface area (Å²) in [7, 11) is 0. The van der Waals surface area contributed by atoms with Crippen molar-refractivity contribution in [1.29, 1.82) is 0 Å². The van der Waals surface area contributed by atoms with Gasteiger partial charge in [0.2, 0.25) is 11.7 Å². The second kappa shape index (κ2) is 8.84. The molecule has 4 aromatic rings. The van der Waals surface area contributed by atoms with Crippen LogP contribution in [0, 0.1) is 6.92 Å². The van der Waals surface area contributed by atoms with E-state index >= 15 is 0 Å². The molecule has 146 valence electrons. The fourth-order valence-corrected chi connectivity index (χ4v) is 3.36. The van der Waals surface area contributed by atoms with Crippen LogP contribution in [0.3, 0.4) is 0 Å². The minimum absolute atomic E-state index is 0.0518. The molecule has 4 nitrogen and oxygen atoms in total. The van der Waals surface area contributed by atoms with Crippen LogP contribution in [0.2, 0.25) is 0 Å². The van der Waals surface area contributed by atoms with Crippen LogP contribution >= 0.6 is 0 Å². The number of hydrogen-bond donors (Lipinski definition) is 1. The molecule has 0 unspecified atom stereocenters. The van der Waals surface area contributed by atoms with Crippen molar-refractivity contribution in [2.45, 2.75) is 32.9 Å². The molecule has 0 aliphatic rings. The van der Waals surface area contributed by atoms with Crippen molar-refractivity contribution in [2.24, 2.45) is 0 Å². The lowest BCUT2D eigenvalue weighted by Gasteiger charge is -2.19. The number of hydrogen-bond acceptors (Lipinski definition) is 4. The van der Waals surface area contributed by atoms with Crippen LogP contribution < -0.4 is 5.32 Å². The van der Waals surface area contributed by atoms with Crippen LogP contribution in [-0.4, -0.2) is 10.1 Å². The SMILES string of the molecule is CCc1ccc(-c2noc(CN[C@H](c3ccccc3)c3ccc(C)cc3)n2)cc1. The topological polar surface area (TPSA) is 51.0 Å². The smallest absolute Gasteiger partial charge is 0.240 e. The molecule has 1 atom stereocenters. The van der Waals surface area contributed by atoms with Crippen LogP contribution in [0.1, 0.15) is 41.1 Å². The van der Waals surface area contributed by atoms with E-state index in [0.717, 1.165) is 12.0 Å². The maximum Gasteiger partial charge on any atom is 0.240 e. The van der Waals surface area contributed by atoms with Gasteiger partial charge in [-0.15, -0.1) is 0 Å². The van der Waals surface area contributed by atoms with E-state index in [1.54, 1.807) is 0 Å². The second-order valence-electron chi connectivity index (χ2n) is 7.20. The highest BCUT2D eigenvalue weighted by molar-refractivity contribution is 5.54. The first-order chi connectivity index (χ1) is 14.2. The average molecular weight is 383 g/mol. The highest BCUT2D eigenvalue weighted by Gasteiger charge is 2.16. The van der Waals surface area contributed by atoms with Crippen molar-refractivity contribution >= 4 is 0 Å². The normalized spacial score (nSPS) is 12.1. The molecular weight excluding hydrogens is 358 g/mol. The van der Waals surface area contributed by atoms with Gasteiger partial charge in [0.25, 0.3) is 0 Å². The van der Waals surface area contributed by atoms with Crippen molar-refractivity contribution in [3.05, 3.63) is 107 Å². The summed E-state index contributed by atoms with van der Waals surface area (Å²) in [5.41, 5.74) is 5.91. The maximum absolute atomic E-state index is 5.49. The molecule has 0 aliphatic carbocycles.